The number of hydrogen-bond acceptors (Lipinski definition) is 1. The Balaban J connectivity index is 2.07. The van der Waals surface area contributed by atoms with E-state index in [1.165, 1.54) is 37.7 Å². The highest BCUT2D eigenvalue weighted by Gasteiger charge is 2.19. The van der Waals surface area contributed by atoms with E-state index in [0.717, 1.165) is 0 Å². The van der Waals surface area contributed by atoms with Crippen LogP contribution >= 0.6 is 11.3 Å². The average Bonchev–Trinajstić information content (AvgIpc) is 2.89. The van der Waals surface area contributed by atoms with Gasteiger partial charge in [0.05, 0.1) is 10.4 Å². The first-order valence-corrected chi connectivity index (χ1v) is 8.62. The SMILES string of the molecule is Cc1sc2cc(-c3ccccc3)c(-c3ccccc3)c[n+]2c1C. The largest absolute Gasteiger partial charge is 0.268 e. The standard InChI is InChI=1S/C21H18NS/c1-15-16(2)23-21-13-19(17-9-5-3-6-10-17)20(14-22(15)21)18-11-7-4-8-12-18/h3-14H,1-2H3/q+1. The maximum Gasteiger partial charge on any atom is 0.268 e. The fourth-order valence-electron chi connectivity index (χ4n) is 2.98. The molecule has 0 N–H and O–H groups in total. The first-order chi connectivity index (χ1) is 11.2. The molecule has 2 heterocycles. The Morgan fingerprint density at radius 1 is 0.739 bits per heavy atom. The van der Waals surface area contributed by atoms with Crippen molar-refractivity contribution in [1.29, 1.82) is 0 Å². The van der Waals surface area contributed by atoms with Crippen molar-refractivity contribution in [2.24, 2.45) is 0 Å². The minimum atomic E-state index is 1.25. The lowest BCUT2D eigenvalue weighted by Gasteiger charge is -2.08. The molecule has 4 aromatic rings. The third-order valence-electron chi connectivity index (χ3n) is 4.35. The number of nitrogens with zero attached hydrogens (tertiary/aromatic N) is 1. The van der Waals surface area contributed by atoms with Crippen LogP contribution in [0.3, 0.4) is 0 Å². The maximum atomic E-state index is 2.32. The van der Waals surface area contributed by atoms with Crippen LogP contribution in [0.1, 0.15) is 10.6 Å². The molecule has 0 aliphatic rings. The van der Waals surface area contributed by atoms with Crippen LogP contribution in [0.5, 0.6) is 0 Å². The van der Waals surface area contributed by atoms with Gasteiger partial charge in [0.15, 0.2) is 11.9 Å². The Bertz CT molecular complexity index is 969. The number of benzene rings is 2. The molecule has 0 aliphatic heterocycles. The molecule has 2 aromatic heterocycles. The van der Waals surface area contributed by atoms with E-state index < -0.39 is 0 Å². The number of hydrogen-bond donors (Lipinski definition) is 0. The summed E-state index contributed by atoms with van der Waals surface area (Å²) in [5, 5.41) is 0. The second-order valence-corrected chi connectivity index (χ2v) is 7.02. The van der Waals surface area contributed by atoms with E-state index in [1.54, 1.807) is 0 Å². The zero-order valence-electron chi connectivity index (χ0n) is 13.3. The predicted octanol–water partition coefficient (Wildman–Crippen LogP) is 5.44. The van der Waals surface area contributed by atoms with Crippen molar-refractivity contribution in [3.63, 3.8) is 0 Å². The highest BCUT2D eigenvalue weighted by molar-refractivity contribution is 7.16. The van der Waals surface area contributed by atoms with Crippen LogP contribution in [0, 0.1) is 13.8 Å². The Morgan fingerprint density at radius 2 is 1.30 bits per heavy atom. The minimum Gasteiger partial charge on any atom is -0.154 e. The summed E-state index contributed by atoms with van der Waals surface area (Å²) in [4.78, 5) is 2.66. The molecule has 0 saturated carbocycles. The molecule has 0 atom stereocenters. The third-order valence-corrected chi connectivity index (χ3v) is 5.48. The van der Waals surface area contributed by atoms with Crippen LogP contribution in [-0.2, 0) is 0 Å². The fourth-order valence-corrected chi connectivity index (χ4v) is 4.00. The molecule has 112 valence electrons. The van der Waals surface area contributed by atoms with Gasteiger partial charge in [-0.1, -0.05) is 72.0 Å². The van der Waals surface area contributed by atoms with Crippen molar-refractivity contribution in [1.82, 2.24) is 0 Å². The molecule has 0 aliphatic carbocycles. The highest BCUT2D eigenvalue weighted by atomic mass is 32.1. The maximum absolute atomic E-state index is 2.32. The minimum absolute atomic E-state index is 1.25. The van der Waals surface area contributed by atoms with Crippen molar-refractivity contribution >= 4 is 16.2 Å². The zero-order chi connectivity index (χ0) is 15.8. The van der Waals surface area contributed by atoms with Crippen molar-refractivity contribution in [3.8, 4) is 22.3 Å². The van der Waals surface area contributed by atoms with Gasteiger partial charge < -0.3 is 0 Å². The monoisotopic (exact) mass is 316 g/mol. The van der Waals surface area contributed by atoms with Gasteiger partial charge in [-0.2, -0.15) is 4.40 Å². The lowest BCUT2D eigenvalue weighted by molar-refractivity contribution is -0.514. The number of aromatic nitrogens is 1. The van der Waals surface area contributed by atoms with E-state index in [-0.39, 0.29) is 0 Å². The van der Waals surface area contributed by atoms with Gasteiger partial charge in [-0.25, -0.2) is 0 Å². The molecule has 0 saturated heterocycles. The van der Waals surface area contributed by atoms with Crippen molar-refractivity contribution < 1.29 is 4.40 Å². The van der Waals surface area contributed by atoms with E-state index in [4.69, 9.17) is 0 Å². The molecular weight excluding hydrogens is 298 g/mol. The molecule has 0 spiro atoms. The summed E-state index contributed by atoms with van der Waals surface area (Å²) in [5.41, 5.74) is 6.40. The lowest BCUT2D eigenvalue weighted by Crippen LogP contribution is -2.22. The fraction of sp³-hybridized carbons (Fsp3) is 0.0952. The van der Waals surface area contributed by atoms with E-state index in [9.17, 15) is 0 Å². The summed E-state index contributed by atoms with van der Waals surface area (Å²) >= 11 is 1.85. The summed E-state index contributed by atoms with van der Waals surface area (Å²) in [7, 11) is 0. The molecule has 0 radical (unpaired) electrons. The first-order valence-electron chi connectivity index (χ1n) is 7.80. The van der Waals surface area contributed by atoms with Gasteiger partial charge in [-0.05, 0) is 18.1 Å². The van der Waals surface area contributed by atoms with E-state index in [2.05, 4.69) is 91.2 Å². The van der Waals surface area contributed by atoms with Crippen LogP contribution in [0.4, 0.5) is 0 Å². The van der Waals surface area contributed by atoms with Crippen molar-refractivity contribution in [2.45, 2.75) is 13.8 Å². The van der Waals surface area contributed by atoms with Crippen molar-refractivity contribution in [2.75, 3.05) is 0 Å². The lowest BCUT2D eigenvalue weighted by atomic mass is 9.96. The summed E-state index contributed by atoms with van der Waals surface area (Å²) in [5.74, 6) is 0. The quantitative estimate of drug-likeness (QED) is 0.434. The molecule has 23 heavy (non-hydrogen) atoms. The number of thiazole rings is 1. The average molecular weight is 316 g/mol. The third kappa shape index (κ3) is 2.45. The van der Waals surface area contributed by atoms with Gasteiger partial charge in [0.1, 0.15) is 0 Å². The predicted molar refractivity (Wildman–Crippen MR) is 97.8 cm³/mol. The molecule has 1 nitrogen and oxygen atoms in total. The van der Waals surface area contributed by atoms with Crippen LogP contribution in [0.15, 0.2) is 72.9 Å². The molecule has 0 bridgehead atoms. The van der Waals surface area contributed by atoms with Gasteiger partial charge in [-0.3, -0.25) is 0 Å². The summed E-state index contributed by atoms with van der Waals surface area (Å²) < 4.78 is 2.31. The normalized spacial score (nSPS) is 11.0. The molecule has 2 aromatic carbocycles. The van der Waals surface area contributed by atoms with E-state index >= 15 is 0 Å². The topological polar surface area (TPSA) is 4.10 Å². The van der Waals surface area contributed by atoms with Crippen LogP contribution in [0.2, 0.25) is 0 Å². The highest BCUT2D eigenvalue weighted by Crippen LogP contribution is 2.33. The molecule has 0 unspecified atom stereocenters. The van der Waals surface area contributed by atoms with Gasteiger partial charge in [0.25, 0.3) is 4.83 Å². The smallest absolute Gasteiger partial charge is 0.154 e. The summed E-state index contributed by atoms with van der Waals surface area (Å²) in [6.45, 7) is 4.38. The van der Waals surface area contributed by atoms with Gasteiger partial charge >= 0.3 is 0 Å². The van der Waals surface area contributed by atoms with Gasteiger partial charge in [0, 0.05) is 18.6 Å². The van der Waals surface area contributed by atoms with E-state index in [1.807, 2.05) is 11.3 Å². The molecule has 2 heteroatoms. The summed E-state index contributed by atoms with van der Waals surface area (Å²) in [6.07, 6.45) is 2.28. The van der Waals surface area contributed by atoms with Crippen LogP contribution in [-0.4, -0.2) is 0 Å². The number of fused-ring (bicyclic) bond motifs is 1. The number of aryl methyl sites for hydroxylation is 2. The first kappa shape index (κ1) is 14.2. The van der Waals surface area contributed by atoms with Gasteiger partial charge in [0.2, 0.25) is 0 Å². The van der Waals surface area contributed by atoms with Crippen LogP contribution < -0.4 is 4.40 Å². The zero-order valence-corrected chi connectivity index (χ0v) is 14.1. The second kappa shape index (κ2) is 5.64. The Hall–Kier alpha value is -2.45. The number of rotatable bonds is 2. The Kier molecular flexibility index (Phi) is 3.47. The number of pyridine rings is 1. The Labute approximate surface area is 140 Å². The molecule has 0 fully saturated rings. The van der Waals surface area contributed by atoms with E-state index in [0.29, 0.717) is 0 Å². The molecule has 0 amide bonds. The summed E-state index contributed by atoms with van der Waals surface area (Å²) in [6, 6.07) is 23.6. The Morgan fingerprint density at radius 3 is 1.91 bits per heavy atom. The second-order valence-electron chi connectivity index (χ2n) is 5.78. The van der Waals surface area contributed by atoms with Crippen molar-refractivity contribution in [3.05, 3.63) is 83.5 Å². The van der Waals surface area contributed by atoms with Gasteiger partial charge in [-0.15, -0.1) is 0 Å². The van der Waals surface area contributed by atoms with Crippen LogP contribution in [0.25, 0.3) is 27.1 Å². The molecular formula is C21H18NS+. The molecule has 4 rings (SSSR count).